The van der Waals surface area contributed by atoms with Gasteiger partial charge in [0.15, 0.2) is 0 Å². The average molecular weight is 454 g/mol. The predicted octanol–water partition coefficient (Wildman–Crippen LogP) is 5.42. The van der Waals surface area contributed by atoms with Crippen LogP contribution < -0.4 is 20.5 Å². The van der Waals surface area contributed by atoms with Crippen molar-refractivity contribution in [1.82, 2.24) is 4.37 Å². The molecule has 7 heteroatoms. The molecule has 1 amide bonds. The first-order valence-electron chi connectivity index (χ1n) is 10.7. The summed E-state index contributed by atoms with van der Waals surface area (Å²) in [5, 5.41) is 2.95. The van der Waals surface area contributed by atoms with Crippen molar-refractivity contribution in [3.8, 4) is 33.1 Å². The number of nitrogens with one attached hydrogen (secondary N) is 1. The normalized spacial score (nSPS) is 12.8. The highest BCUT2D eigenvalue weighted by Gasteiger charge is 2.21. The van der Waals surface area contributed by atoms with E-state index in [4.69, 9.17) is 15.2 Å². The molecule has 0 aliphatic heterocycles. The Hall–Kier alpha value is -2.90. The first kappa shape index (κ1) is 23.8. The van der Waals surface area contributed by atoms with Gasteiger partial charge in [0, 0.05) is 11.8 Å². The number of rotatable bonds is 8. The molecule has 0 aliphatic carbocycles. The van der Waals surface area contributed by atoms with Crippen molar-refractivity contribution < 1.29 is 14.3 Å². The van der Waals surface area contributed by atoms with Crippen LogP contribution in [0.5, 0.6) is 11.5 Å². The van der Waals surface area contributed by atoms with E-state index >= 15 is 0 Å². The number of anilines is 1. The molecule has 3 N–H and O–H groups in total. The van der Waals surface area contributed by atoms with Gasteiger partial charge in [-0.3, -0.25) is 4.79 Å². The quantitative estimate of drug-likeness (QED) is 0.475. The van der Waals surface area contributed by atoms with Crippen LogP contribution in [-0.2, 0) is 4.79 Å². The lowest BCUT2D eigenvalue weighted by atomic mass is 9.98. The second kappa shape index (κ2) is 10.1. The molecule has 0 bridgehead atoms. The van der Waals surface area contributed by atoms with Crippen molar-refractivity contribution in [2.24, 2.45) is 11.7 Å². The predicted molar refractivity (Wildman–Crippen MR) is 132 cm³/mol. The van der Waals surface area contributed by atoms with Gasteiger partial charge in [-0.1, -0.05) is 32.4 Å². The summed E-state index contributed by atoms with van der Waals surface area (Å²) in [6, 6.07) is 9.32. The van der Waals surface area contributed by atoms with E-state index in [0.29, 0.717) is 11.4 Å². The summed E-state index contributed by atoms with van der Waals surface area (Å²) in [4.78, 5) is 13.7. The highest BCUT2D eigenvalue weighted by molar-refractivity contribution is 7.10. The molecule has 2 aromatic carbocycles. The number of hydrogen-bond acceptors (Lipinski definition) is 6. The monoisotopic (exact) mass is 453 g/mol. The third-order valence-corrected chi connectivity index (χ3v) is 6.85. The summed E-state index contributed by atoms with van der Waals surface area (Å²) in [6.07, 6.45) is 2.68. The van der Waals surface area contributed by atoms with Crippen LogP contribution in [0.25, 0.3) is 21.6 Å². The van der Waals surface area contributed by atoms with Crippen LogP contribution in [0.15, 0.2) is 36.5 Å². The molecular weight excluding hydrogens is 422 g/mol. The van der Waals surface area contributed by atoms with Gasteiger partial charge >= 0.3 is 0 Å². The van der Waals surface area contributed by atoms with Gasteiger partial charge in [-0.2, -0.15) is 4.37 Å². The molecule has 6 nitrogen and oxygen atoms in total. The Bertz CT molecular complexity index is 1110. The summed E-state index contributed by atoms with van der Waals surface area (Å²) in [5.41, 5.74) is 11.9. The number of carbonyl (C=O) groups is 1. The Kier molecular flexibility index (Phi) is 7.53. The van der Waals surface area contributed by atoms with Gasteiger partial charge in [-0.05, 0) is 71.8 Å². The maximum absolute atomic E-state index is 12.7. The van der Waals surface area contributed by atoms with Gasteiger partial charge in [-0.15, -0.1) is 0 Å². The molecule has 0 fully saturated rings. The lowest BCUT2D eigenvalue weighted by molar-refractivity contribution is -0.118. The molecule has 0 spiro atoms. The lowest BCUT2D eigenvalue weighted by Gasteiger charge is -2.19. The number of ether oxygens (including phenoxy) is 2. The molecule has 0 radical (unpaired) electrons. The van der Waals surface area contributed by atoms with Crippen molar-refractivity contribution in [2.45, 2.75) is 40.2 Å². The van der Waals surface area contributed by atoms with E-state index < -0.39 is 6.04 Å². The summed E-state index contributed by atoms with van der Waals surface area (Å²) in [6.45, 7) is 8.11. The first-order chi connectivity index (χ1) is 15.3. The maximum atomic E-state index is 12.7. The van der Waals surface area contributed by atoms with E-state index in [0.717, 1.165) is 44.9 Å². The topological polar surface area (TPSA) is 86.5 Å². The SMILES string of the molecule is CCC(C)[C@H](N)C(=O)Nc1cc(-c2cnsc2-c2cc(C)c(C)c(OC)c2)ccc1OC. The Labute approximate surface area is 193 Å². The lowest BCUT2D eigenvalue weighted by Crippen LogP contribution is -2.40. The molecule has 0 saturated heterocycles. The van der Waals surface area contributed by atoms with Crippen molar-refractivity contribution in [1.29, 1.82) is 0 Å². The van der Waals surface area contributed by atoms with E-state index in [1.165, 1.54) is 11.5 Å². The summed E-state index contributed by atoms with van der Waals surface area (Å²) in [5.74, 6) is 1.28. The Morgan fingerprint density at radius 3 is 2.50 bits per heavy atom. The van der Waals surface area contributed by atoms with Gasteiger partial charge in [0.1, 0.15) is 11.5 Å². The van der Waals surface area contributed by atoms with Gasteiger partial charge < -0.3 is 20.5 Å². The minimum absolute atomic E-state index is 0.0802. The van der Waals surface area contributed by atoms with E-state index in [9.17, 15) is 4.79 Å². The molecule has 2 atom stereocenters. The smallest absolute Gasteiger partial charge is 0.241 e. The molecule has 1 aromatic heterocycles. The van der Waals surface area contributed by atoms with Gasteiger partial charge in [0.25, 0.3) is 0 Å². The van der Waals surface area contributed by atoms with Crippen LogP contribution in [-0.4, -0.2) is 30.5 Å². The molecule has 32 heavy (non-hydrogen) atoms. The molecule has 1 heterocycles. The van der Waals surface area contributed by atoms with E-state index in [1.54, 1.807) is 14.2 Å². The number of aryl methyl sites for hydroxylation is 1. The minimum Gasteiger partial charge on any atom is -0.496 e. The van der Waals surface area contributed by atoms with Crippen LogP contribution >= 0.6 is 11.5 Å². The van der Waals surface area contributed by atoms with Gasteiger partial charge in [0.2, 0.25) is 5.91 Å². The number of nitrogens with zero attached hydrogens (tertiary/aromatic N) is 1. The second-order valence-corrected chi connectivity index (χ2v) is 8.81. The van der Waals surface area contributed by atoms with Crippen LogP contribution in [0.4, 0.5) is 5.69 Å². The number of aromatic nitrogens is 1. The number of nitrogens with two attached hydrogens (primary N) is 1. The maximum Gasteiger partial charge on any atom is 0.241 e. The minimum atomic E-state index is -0.588. The first-order valence-corrected chi connectivity index (χ1v) is 11.4. The third kappa shape index (κ3) is 4.79. The fourth-order valence-electron chi connectivity index (χ4n) is 3.53. The number of hydrogen-bond donors (Lipinski definition) is 2. The molecular formula is C25H31N3O3S. The third-order valence-electron chi connectivity index (χ3n) is 6.00. The van der Waals surface area contributed by atoms with E-state index in [1.807, 2.05) is 51.2 Å². The highest BCUT2D eigenvalue weighted by Crippen LogP contribution is 2.40. The molecule has 170 valence electrons. The molecule has 1 unspecified atom stereocenters. The van der Waals surface area contributed by atoms with E-state index in [2.05, 4.69) is 22.7 Å². The van der Waals surface area contributed by atoms with Crippen molar-refractivity contribution in [3.63, 3.8) is 0 Å². The summed E-state index contributed by atoms with van der Waals surface area (Å²) < 4.78 is 15.5. The van der Waals surface area contributed by atoms with Gasteiger partial charge in [-0.25, -0.2) is 0 Å². The van der Waals surface area contributed by atoms with Crippen molar-refractivity contribution in [2.75, 3.05) is 19.5 Å². The fraction of sp³-hybridized carbons (Fsp3) is 0.360. The zero-order valence-corrected chi connectivity index (χ0v) is 20.3. The zero-order chi connectivity index (χ0) is 23.4. The standard InChI is InChI=1S/C25H31N3O3S/c1-7-14(2)23(26)25(29)28-20-11-17(8-9-21(20)30-5)19-13-27-32-24(19)18-10-15(3)16(4)22(12-18)31-6/h8-14,23H,7,26H2,1-6H3,(H,28,29)/t14?,23-/m0/s1. The molecule has 0 saturated carbocycles. The Balaban J connectivity index is 2.01. The van der Waals surface area contributed by atoms with Crippen LogP contribution in [0, 0.1) is 19.8 Å². The van der Waals surface area contributed by atoms with Gasteiger partial charge in [0.05, 0.1) is 30.8 Å². The highest BCUT2D eigenvalue weighted by atomic mass is 32.1. The van der Waals surface area contributed by atoms with Crippen LogP contribution in [0.2, 0.25) is 0 Å². The van der Waals surface area contributed by atoms with Crippen molar-refractivity contribution in [3.05, 3.63) is 47.7 Å². The average Bonchev–Trinajstić information content (AvgIpc) is 3.29. The number of benzene rings is 2. The largest absolute Gasteiger partial charge is 0.496 e. The zero-order valence-electron chi connectivity index (χ0n) is 19.5. The van der Waals surface area contributed by atoms with Crippen LogP contribution in [0.3, 0.4) is 0 Å². The molecule has 0 aliphatic rings. The fourth-order valence-corrected chi connectivity index (χ4v) is 4.28. The summed E-state index contributed by atoms with van der Waals surface area (Å²) in [7, 11) is 3.26. The second-order valence-electron chi connectivity index (χ2n) is 8.00. The summed E-state index contributed by atoms with van der Waals surface area (Å²) >= 11 is 1.43. The number of amides is 1. The van der Waals surface area contributed by atoms with Crippen LogP contribution in [0.1, 0.15) is 31.4 Å². The Morgan fingerprint density at radius 1 is 1.12 bits per heavy atom. The molecule has 3 aromatic rings. The van der Waals surface area contributed by atoms with E-state index in [-0.39, 0.29) is 11.8 Å². The molecule has 3 rings (SSSR count). The Morgan fingerprint density at radius 2 is 1.84 bits per heavy atom. The number of carbonyl (C=O) groups excluding carboxylic acids is 1. The van der Waals surface area contributed by atoms with Crippen molar-refractivity contribution >= 4 is 23.1 Å². The number of methoxy groups -OCH3 is 2.